The van der Waals surface area contributed by atoms with E-state index in [9.17, 15) is 9.59 Å². The first-order valence-corrected chi connectivity index (χ1v) is 8.74. The van der Waals surface area contributed by atoms with Gasteiger partial charge in [0.05, 0.1) is 30.7 Å². The van der Waals surface area contributed by atoms with E-state index in [0.29, 0.717) is 24.1 Å². The second kappa shape index (κ2) is 7.92. The fraction of sp³-hybridized carbons (Fsp3) is 0.286. The Morgan fingerprint density at radius 2 is 2.00 bits per heavy atom. The van der Waals surface area contributed by atoms with Crippen molar-refractivity contribution >= 4 is 17.5 Å². The lowest BCUT2D eigenvalue weighted by molar-refractivity contribution is -0.140. The van der Waals surface area contributed by atoms with Crippen LogP contribution in [0.3, 0.4) is 0 Å². The minimum Gasteiger partial charge on any atom is -0.497 e. The molecule has 2 atom stereocenters. The Morgan fingerprint density at radius 3 is 2.67 bits per heavy atom. The van der Waals surface area contributed by atoms with Crippen molar-refractivity contribution in [2.24, 2.45) is 5.92 Å². The molecule has 3 rings (SSSR count). The molecular weight excluding hydrogens is 342 g/mol. The molecule has 2 aromatic carbocycles. The molecule has 27 heavy (non-hydrogen) atoms. The maximum Gasteiger partial charge on any atom is 0.229 e. The van der Waals surface area contributed by atoms with Crippen LogP contribution in [-0.2, 0) is 9.59 Å². The molecule has 6 nitrogen and oxygen atoms in total. The molecule has 138 valence electrons. The number of rotatable bonds is 4. The van der Waals surface area contributed by atoms with Crippen molar-refractivity contribution in [2.75, 3.05) is 19.5 Å². The lowest BCUT2D eigenvalue weighted by Gasteiger charge is -2.38. The van der Waals surface area contributed by atoms with E-state index in [1.165, 1.54) is 0 Å². The van der Waals surface area contributed by atoms with Crippen LogP contribution in [-0.4, -0.2) is 30.9 Å². The van der Waals surface area contributed by atoms with Gasteiger partial charge in [-0.1, -0.05) is 18.2 Å². The van der Waals surface area contributed by atoms with E-state index in [-0.39, 0.29) is 23.8 Å². The fourth-order valence-corrected chi connectivity index (χ4v) is 3.47. The first-order chi connectivity index (χ1) is 13.0. The van der Waals surface area contributed by atoms with Gasteiger partial charge >= 0.3 is 0 Å². The second-order valence-corrected chi connectivity index (χ2v) is 6.55. The minimum absolute atomic E-state index is 0.0198. The molecule has 1 heterocycles. The highest BCUT2D eigenvalue weighted by Gasteiger charge is 2.38. The van der Waals surface area contributed by atoms with E-state index in [1.54, 1.807) is 43.3 Å². The molecule has 1 saturated heterocycles. The van der Waals surface area contributed by atoms with Crippen LogP contribution in [0.15, 0.2) is 48.5 Å². The van der Waals surface area contributed by atoms with Gasteiger partial charge < -0.3 is 15.0 Å². The third-order valence-corrected chi connectivity index (χ3v) is 4.91. The van der Waals surface area contributed by atoms with Gasteiger partial charge in [-0.15, -0.1) is 0 Å². The third kappa shape index (κ3) is 3.93. The molecule has 0 radical (unpaired) electrons. The van der Waals surface area contributed by atoms with Crippen molar-refractivity contribution in [1.29, 1.82) is 5.26 Å². The normalized spacial score (nSPS) is 19.3. The van der Waals surface area contributed by atoms with Crippen LogP contribution in [0.2, 0.25) is 0 Å². The summed E-state index contributed by atoms with van der Waals surface area (Å²) in [5, 5.41) is 11.9. The summed E-state index contributed by atoms with van der Waals surface area (Å²) in [6.07, 6.45) is 0.809. The predicted octanol–water partition coefficient (Wildman–Crippen LogP) is 3.12. The van der Waals surface area contributed by atoms with Crippen molar-refractivity contribution in [2.45, 2.75) is 18.9 Å². The zero-order chi connectivity index (χ0) is 19.4. The minimum atomic E-state index is -0.383. The van der Waals surface area contributed by atoms with Crippen LogP contribution < -0.4 is 10.1 Å². The van der Waals surface area contributed by atoms with Gasteiger partial charge in [-0.2, -0.15) is 5.26 Å². The molecular formula is C21H21N3O3. The van der Waals surface area contributed by atoms with Gasteiger partial charge in [0.25, 0.3) is 0 Å². The third-order valence-electron chi connectivity index (χ3n) is 4.91. The van der Waals surface area contributed by atoms with E-state index in [4.69, 9.17) is 10.00 Å². The summed E-state index contributed by atoms with van der Waals surface area (Å²) in [4.78, 5) is 26.9. The van der Waals surface area contributed by atoms with Crippen molar-refractivity contribution in [3.8, 4) is 11.8 Å². The van der Waals surface area contributed by atoms with Crippen molar-refractivity contribution in [1.82, 2.24) is 4.90 Å². The van der Waals surface area contributed by atoms with Crippen molar-refractivity contribution in [3.63, 3.8) is 0 Å². The molecule has 2 amide bonds. The lowest BCUT2D eigenvalue weighted by atomic mass is 9.84. The standard InChI is InChI=1S/C21H21N3O3/c1-24-19(25)11-10-18(20(24)15-6-8-17(27-2)9-7-15)21(26)23-16-5-3-4-14(12-16)13-22/h3-9,12,18,20H,10-11H2,1-2H3,(H,23,26)/t18-,20+/m1/s1. The summed E-state index contributed by atoms with van der Waals surface area (Å²) in [5.74, 6) is 0.196. The summed E-state index contributed by atoms with van der Waals surface area (Å²) in [7, 11) is 3.32. The number of nitriles is 1. The van der Waals surface area contributed by atoms with Crippen LogP contribution in [0.1, 0.15) is 30.0 Å². The molecule has 2 aromatic rings. The molecule has 0 aromatic heterocycles. The maximum atomic E-state index is 13.0. The van der Waals surface area contributed by atoms with E-state index < -0.39 is 0 Å². The summed E-state index contributed by atoms with van der Waals surface area (Å²) >= 11 is 0. The number of hydrogen-bond donors (Lipinski definition) is 1. The quantitative estimate of drug-likeness (QED) is 0.905. The summed E-state index contributed by atoms with van der Waals surface area (Å²) in [6.45, 7) is 0. The van der Waals surface area contributed by atoms with Gasteiger partial charge in [0, 0.05) is 19.2 Å². The van der Waals surface area contributed by atoms with Crippen LogP contribution in [0.25, 0.3) is 0 Å². The Bertz CT molecular complexity index is 886. The summed E-state index contributed by atoms with van der Waals surface area (Å²) in [5.41, 5.74) is 1.94. The number of amides is 2. The number of methoxy groups -OCH3 is 1. The fourth-order valence-electron chi connectivity index (χ4n) is 3.47. The number of hydrogen-bond acceptors (Lipinski definition) is 4. The molecule has 1 fully saturated rings. The SMILES string of the molecule is COc1ccc([C@H]2[C@H](C(=O)Nc3cccc(C#N)c3)CCC(=O)N2C)cc1. The van der Waals surface area contributed by atoms with Gasteiger partial charge in [0.2, 0.25) is 11.8 Å². The Labute approximate surface area is 158 Å². The number of carbonyl (C=O) groups excluding carboxylic acids is 2. The Kier molecular flexibility index (Phi) is 5.41. The number of carbonyl (C=O) groups is 2. The Morgan fingerprint density at radius 1 is 1.26 bits per heavy atom. The second-order valence-electron chi connectivity index (χ2n) is 6.55. The molecule has 1 aliphatic heterocycles. The number of nitrogens with zero attached hydrogens (tertiary/aromatic N) is 2. The zero-order valence-corrected chi connectivity index (χ0v) is 15.3. The topological polar surface area (TPSA) is 82.4 Å². The van der Waals surface area contributed by atoms with Crippen molar-refractivity contribution < 1.29 is 14.3 Å². The average Bonchev–Trinajstić information content (AvgIpc) is 2.70. The van der Waals surface area contributed by atoms with Crippen LogP contribution in [0.5, 0.6) is 5.75 Å². The van der Waals surface area contributed by atoms with E-state index in [1.807, 2.05) is 24.3 Å². The summed E-state index contributed by atoms with van der Waals surface area (Å²) in [6, 6.07) is 15.9. The highest BCUT2D eigenvalue weighted by atomic mass is 16.5. The van der Waals surface area contributed by atoms with Gasteiger partial charge in [-0.05, 0) is 42.3 Å². The number of benzene rings is 2. The lowest BCUT2D eigenvalue weighted by Crippen LogP contribution is -2.44. The monoisotopic (exact) mass is 363 g/mol. The predicted molar refractivity (Wildman–Crippen MR) is 101 cm³/mol. The van der Waals surface area contributed by atoms with E-state index in [2.05, 4.69) is 11.4 Å². The zero-order valence-electron chi connectivity index (χ0n) is 15.3. The highest BCUT2D eigenvalue weighted by molar-refractivity contribution is 5.94. The first kappa shape index (κ1) is 18.5. The van der Waals surface area contributed by atoms with Gasteiger partial charge in [0.1, 0.15) is 5.75 Å². The van der Waals surface area contributed by atoms with Crippen LogP contribution in [0, 0.1) is 17.2 Å². The van der Waals surface area contributed by atoms with Gasteiger partial charge in [0.15, 0.2) is 0 Å². The van der Waals surface area contributed by atoms with Gasteiger partial charge in [-0.3, -0.25) is 9.59 Å². The van der Waals surface area contributed by atoms with E-state index in [0.717, 1.165) is 11.3 Å². The number of ether oxygens (including phenoxy) is 1. The highest BCUT2D eigenvalue weighted by Crippen LogP contribution is 2.37. The number of piperidine rings is 1. The average molecular weight is 363 g/mol. The van der Waals surface area contributed by atoms with E-state index >= 15 is 0 Å². The maximum absolute atomic E-state index is 13.0. The number of anilines is 1. The molecule has 6 heteroatoms. The Balaban J connectivity index is 1.87. The number of nitrogens with one attached hydrogen (secondary N) is 1. The largest absolute Gasteiger partial charge is 0.497 e. The summed E-state index contributed by atoms with van der Waals surface area (Å²) < 4.78 is 5.19. The first-order valence-electron chi connectivity index (χ1n) is 8.74. The molecule has 0 bridgehead atoms. The Hall–Kier alpha value is -3.33. The van der Waals surface area contributed by atoms with Crippen molar-refractivity contribution in [3.05, 3.63) is 59.7 Å². The molecule has 1 aliphatic rings. The van der Waals surface area contributed by atoms with Gasteiger partial charge in [-0.25, -0.2) is 0 Å². The molecule has 0 unspecified atom stereocenters. The molecule has 0 aliphatic carbocycles. The smallest absolute Gasteiger partial charge is 0.229 e. The molecule has 0 spiro atoms. The van der Waals surface area contributed by atoms with Crippen LogP contribution >= 0.6 is 0 Å². The van der Waals surface area contributed by atoms with Crippen LogP contribution in [0.4, 0.5) is 5.69 Å². The molecule has 0 saturated carbocycles. The molecule has 1 N–H and O–H groups in total. The number of likely N-dealkylation sites (tertiary alicyclic amines) is 1.